The van der Waals surface area contributed by atoms with Crippen LogP contribution < -0.4 is 19.5 Å². The van der Waals surface area contributed by atoms with Gasteiger partial charge in [0.1, 0.15) is 22.5 Å². The Morgan fingerprint density at radius 2 is 2.03 bits per heavy atom. The van der Waals surface area contributed by atoms with Gasteiger partial charge in [-0.25, -0.2) is 13.1 Å². The SMILES string of the molecule is CCOc1cc2c(cc1CNC(=O)c1ccc(Cl)c(S(=O)(=O)NC3CC3)c1)O[C@H](C)C2. The zero-order valence-corrected chi connectivity index (χ0v) is 19.0. The Morgan fingerprint density at radius 3 is 2.74 bits per heavy atom. The van der Waals surface area contributed by atoms with Crippen LogP contribution in [0.1, 0.15) is 48.2 Å². The molecule has 4 rings (SSSR count). The third-order valence-corrected chi connectivity index (χ3v) is 7.20. The van der Waals surface area contributed by atoms with Crippen LogP contribution in [0, 0.1) is 0 Å². The summed E-state index contributed by atoms with van der Waals surface area (Å²) < 4.78 is 39.3. The lowest BCUT2D eigenvalue weighted by Gasteiger charge is -2.14. The lowest BCUT2D eigenvalue weighted by atomic mass is 10.1. The molecule has 1 aliphatic carbocycles. The van der Waals surface area contributed by atoms with Gasteiger partial charge >= 0.3 is 0 Å². The highest BCUT2D eigenvalue weighted by Gasteiger charge is 2.30. The van der Waals surface area contributed by atoms with Crippen molar-refractivity contribution in [3.8, 4) is 11.5 Å². The first-order chi connectivity index (χ1) is 14.8. The summed E-state index contributed by atoms with van der Waals surface area (Å²) in [4.78, 5) is 12.7. The molecule has 2 aromatic rings. The van der Waals surface area contributed by atoms with E-state index in [0.717, 1.165) is 36.1 Å². The lowest BCUT2D eigenvalue weighted by molar-refractivity contribution is 0.0950. The Kier molecular flexibility index (Phi) is 6.14. The Morgan fingerprint density at radius 1 is 1.26 bits per heavy atom. The molecule has 0 bridgehead atoms. The van der Waals surface area contributed by atoms with Crippen LogP contribution in [0.15, 0.2) is 35.2 Å². The van der Waals surface area contributed by atoms with Gasteiger partial charge < -0.3 is 14.8 Å². The van der Waals surface area contributed by atoms with Crippen molar-refractivity contribution in [2.24, 2.45) is 0 Å². The second kappa shape index (κ2) is 8.68. The highest BCUT2D eigenvalue weighted by Crippen LogP contribution is 2.35. The Balaban J connectivity index is 1.52. The van der Waals surface area contributed by atoms with Crippen molar-refractivity contribution in [2.45, 2.75) is 56.7 Å². The Hall–Kier alpha value is -2.29. The molecule has 1 fully saturated rings. The van der Waals surface area contributed by atoms with Crippen LogP contribution in [0.2, 0.25) is 5.02 Å². The number of rotatable bonds is 8. The summed E-state index contributed by atoms with van der Waals surface area (Å²) in [6, 6.07) is 8.03. The minimum atomic E-state index is -3.78. The van der Waals surface area contributed by atoms with Gasteiger partial charge in [-0.1, -0.05) is 11.6 Å². The summed E-state index contributed by atoms with van der Waals surface area (Å²) in [5.74, 6) is 1.09. The smallest absolute Gasteiger partial charge is 0.251 e. The van der Waals surface area contributed by atoms with Crippen LogP contribution in [0.25, 0.3) is 0 Å². The fourth-order valence-electron chi connectivity index (χ4n) is 3.52. The minimum Gasteiger partial charge on any atom is -0.494 e. The average molecular weight is 465 g/mol. The number of carbonyl (C=O) groups excluding carboxylic acids is 1. The molecule has 7 nitrogen and oxygen atoms in total. The van der Waals surface area contributed by atoms with Crippen molar-refractivity contribution in [3.63, 3.8) is 0 Å². The van der Waals surface area contributed by atoms with Crippen molar-refractivity contribution >= 4 is 27.5 Å². The molecule has 2 aliphatic rings. The topological polar surface area (TPSA) is 93.7 Å². The van der Waals surface area contributed by atoms with Crippen LogP contribution in [0.3, 0.4) is 0 Å². The maximum Gasteiger partial charge on any atom is 0.251 e. The highest BCUT2D eigenvalue weighted by molar-refractivity contribution is 7.89. The zero-order valence-electron chi connectivity index (χ0n) is 17.4. The molecule has 2 aromatic carbocycles. The molecule has 9 heteroatoms. The van der Waals surface area contributed by atoms with Crippen molar-refractivity contribution in [3.05, 3.63) is 52.0 Å². The Labute approximate surface area is 187 Å². The zero-order chi connectivity index (χ0) is 22.2. The summed E-state index contributed by atoms with van der Waals surface area (Å²) in [6.45, 7) is 4.62. The largest absolute Gasteiger partial charge is 0.494 e. The van der Waals surface area contributed by atoms with E-state index in [4.69, 9.17) is 21.1 Å². The second-order valence-electron chi connectivity index (χ2n) is 7.86. The average Bonchev–Trinajstić information content (AvgIpc) is 3.44. The minimum absolute atomic E-state index is 0.0553. The van der Waals surface area contributed by atoms with E-state index in [0.29, 0.717) is 12.4 Å². The number of sulfonamides is 1. The normalized spacial score (nSPS) is 17.7. The van der Waals surface area contributed by atoms with Crippen molar-refractivity contribution in [1.82, 2.24) is 10.0 Å². The molecule has 1 amide bonds. The summed E-state index contributed by atoms with van der Waals surface area (Å²) in [7, 11) is -3.78. The number of fused-ring (bicyclic) bond motifs is 1. The molecule has 1 aliphatic heterocycles. The van der Waals surface area contributed by atoms with Crippen molar-refractivity contribution in [2.75, 3.05) is 6.61 Å². The van der Waals surface area contributed by atoms with Crippen LogP contribution >= 0.6 is 11.6 Å². The lowest BCUT2D eigenvalue weighted by Crippen LogP contribution is -2.27. The number of carbonyl (C=O) groups is 1. The third-order valence-electron chi connectivity index (χ3n) is 5.20. The molecule has 31 heavy (non-hydrogen) atoms. The van der Waals surface area contributed by atoms with E-state index in [1.165, 1.54) is 18.2 Å². The quantitative estimate of drug-likeness (QED) is 0.624. The van der Waals surface area contributed by atoms with Gasteiger partial charge in [0.2, 0.25) is 10.0 Å². The van der Waals surface area contributed by atoms with Gasteiger partial charge in [0, 0.05) is 35.7 Å². The van der Waals surface area contributed by atoms with Crippen molar-refractivity contribution < 1.29 is 22.7 Å². The summed E-state index contributed by atoms with van der Waals surface area (Å²) in [6.07, 6.45) is 2.54. The molecule has 0 saturated heterocycles. The third kappa shape index (κ3) is 4.97. The highest BCUT2D eigenvalue weighted by atomic mass is 35.5. The van der Waals surface area contributed by atoms with E-state index in [9.17, 15) is 13.2 Å². The first-order valence-electron chi connectivity index (χ1n) is 10.3. The van der Waals surface area contributed by atoms with E-state index in [2.05, 4.69) is 10.0 Å². The molecule has 1 heterocycles. The number of nitrogens with one attached hydrogen (secondary N) is 2. The number of amides is 1. The van der Waals surface area contributed by atoms with Gasteiger partial charge in [-0.15, -0.1) is 0 Å². The van der Waals surface area contributed by atoms with Gasteiger partial charge in [-0.05, 0) is 57.0 Å². The van der Waals surface area contributed by atoms with Gasteiger partial charge in [0.25, 0.3) is 5.91 Å². The van der Waals surface area contributed by atoms with Gasteiger partial charge in [0.15, 0.2) is 0 Å². The maximum atomic E-state index is 12.8. The molecule has 0 radical (unpaired) electrons. The van der Waals surface area contributed by atoms with Crippen LogP contribution in [0.4, 0.5) is 0 Å². The standard InChI is InChI=1S/C22H25ClN2O5S/c1-3-29-19-9-15-8-13(2)30-20(15)10-16(19)12-24-22(26)14-4-7-18(23)21(11-14)31(27,28)25-17-5-6-17/h4,7,9-11,13,17,25H,3,5-6,8,12H2,1-2H3,(H,24,26)/t13-/m1/s1. The van der Waals surface area contributed by atoms with Crippen LogP contribution in [-0.4, -0.2) is 33.1 Å². The molecule has 0 spiro atoms. The van der Waals surface area contributed by atoms with Crippen LogP contribution in [-0.2, 0) is 23.0 Å². The predicted octanol–water partition coefficient (Wildman–Crippen LogP) is 3.43. The summed E-state index contributed by atoms with van der Waals surface area (Å²) in [5.41, 5.74) is 2.09. The number of halogens is 1. The monoisotopic (exact) mass is 464 g/mol. The summed E-state index contributed by atoms with van der Waals surface area (Å²) >= 11 is 6.10. The number of benzene rings is 2. The number of hydrogen-bond acceptors (Lipinski definition) is 5. The molecular formula is C22H25ClN2O5S. The number of ether oxygens (including phenoxy) is 2. The first-order valence-corrected chi connectivity index (χ1v) is 12.2. The Bertz CT molecular complexity index is 1120. The number of hydrogen-bond donors (Lipinski definition) is 2. The van der Waals surface area contributed by atoms with E-state index in [1.54, 1.807) is 0 Å². The van der Waals surface area contributed by atoms with Gasteiger partial charge in [0.05, 0.1) is 11.6 Å². The first kappa shape index (κ1) is 21.9. The molecule has 1 saturated carbocycles. The molecular weight excluding hydrogens is 440 g/mol. The second-order valence-corrected chi connectivity index (χ2v) is 9.95. The summed E-state index contributed by atoms with van der Waals surface area (Å²) in [5, 5.41) is 2.91. The van der Waals surface area contributed by atoms with Crippen LogP contribution in [0.5, 0.6) is 11.5 Å². The van der Waals surface area contributed by atoms with E-state index in [1.807, 2.05) is 26.0 Å². The fourth-order valence-corrected chi connectivity index (χ4v) is 5.35. The van der Waals surface area contributed by atoms with E-state index < -0.39 is 15.9 Å². The molecule has 166 valence electrons. The maximum absolute atomic E-state index is 12.8. The van der Waals surface area contributed by atoms with E-state index in [-0.39, 0.29) is 34.2 Å². The van der Waals surface area contributed by atoms with E-state index >= 15 is 0 Å². The fraction of sp³-hybridized carbons (Fsp3) is 0.409. The molecule has 0 unspecified atom stereocenters. The molecule has 2 N–H and O–H groups in total. The van der Waals surface area contributed by atoms with Gasteiger partial charge in [-0.2, -0.15) is 0 Å². The predicted molar refractivity (Wildman–Crippen MR) is 117 cm³/mol. The molecule has 1 atom stereocenters. The van der Waals surface area contributed by atoms with Crippen molar-refractivity contribution in [1.29, 1.82) is 0 Å². The molecule has 0 aromatic heterocycles. The van der Waals surface area contributed by atoms with Gasteiger partial charge in [-0.3, -0.25) is 4.79 Å².